The first-order valence-corrected chi connectivity index (χ1v) is 8.27. The van der Waals surface area contributed by atoms with Crippen molar-refractivity contribution in [3.05, 3.63) is 56.2 Å². The van der Waals surface area contributed by atoms with Crippen LogP contribution in [0.4, 0.5) is 0 Å². The first-order valence-electron chi connectivity index (χ1n) is 6.59. The van der Waals surface area contributed by atoms with Crippen LogP contribution in [0.2, 0.25) is 0 Å². The molecule has 1 aromatic heterocycles. The largest absolute Gasteiger partial charge is 0.385 e. The maximum absolute atomic E-state index is 10.9. The Kier molecular flexibility index (Phi) is 3.68. The number of nitrogens with zero attached hydrogens (tertiary/aromatic N) is 1. The van der Waals surface area contributed by atoms with Crippen LogP contribution >= 0.6 is 27.3 Å². The second-order valence-electron chi connectivity index (χ2n) is 5.13. The minimum atomic E-state index is -0.831. The third-order valence-electron chi connectivity index (χ3n) is 4.07. The Labute approximate surface area is 130 Å². The Balaban J connectivity index is 2.15. The molecule has 0 amide bonds. The molecule has 0 fully saturated rings. The van der Waals surface area contributed by atoms with Crippen LogP contribution in [-0.2, 0) is 11.8 Å². The molecule has 1 aliphatic carbocycles. The summed E-state index contributed by atoms with van der Waals surface area (Å²) < 4.78 is 0.882. The Hall–Kier alpha value is -1.15. The molecule has 2 nitrogen and oxygen atoms in total. The molecule has 1 aliphatic rings. The quantitative estimate of drug-likeness (QED) is 0.877. The van der Waals surface area contributed by atoms with Gasteiger partial charge in [0.25, 0.3) is 0 Å². The summed E-state index contributed by atoms with van der Waals surface area (Å²) in [4.78, 5) is 0.836. The average molecular weight is 348 g/mol. The van der Waals surface area contributed by atoms with Gasteiger partial charge in [-0.2, -0.15) is 5.26 Å². The van der Waals surface area contributed by atoms with Gasteiger partial charge in [0, 0.05) is 9.35 Å². The van der Waals surface area contributed by atoms with Crippen LogP contribution in [0, 0.1) is 11.3 Å². The maximum Gasteiger partial charge on any atom is 0.113 e. The Morgan fingerprint density at radius 1 is 1.35 bits per heavy atom. The van der Waals surface area contributed by atoms with Gasteiger partial charge in [-0.3, -0.25) is 0 Å². The topological polar surface area (TPSA) is 44.0 Å². The van der Waals surface area contributed by atoms with Crippen LogP contribution in [0.5, 0.6) is 0 Å². The fourth-order valence-corrected chi connectivity index (χ4v) is 4.72. The molecule has 102 valence electrons. The predicted molar refractivity (Wildman–Crippen MR) is 83.6 cm³/mol. The number of hydrogen-bond acceptors (Lipinski definition) is 3. The van der Waals surface area contributed by atoms with E-state index in [1.54, 1.807) is 0 Å². The minimum Gasteiger partial charge on any atom is -0.385 e. The highest BCUT2D eigenvalue weighted by Gasteiger charge is 2.44. The Bertz CT molecular complexity index is 675. The first-order chi connectivity index (χ1) is 9.69. The highest BCUT2D eigenvalue weighted by atomic mass is 79.9. The molecule has 0 bridgehead atoms. The van der Waals surface area contributed by atoms with Gasteiger partial charge in [-0.25, -0.2) is 0 Å². The molecule has 0 spiro atoms. The number of nitriles is 1. The van der Waals surface area contributed by atoms with Crippen molar-refractivity contribution in [2.75, 3.05) is 0 Å². The summed E-state index contributed by atoms with van der Waals surface area (Å²) in [5.74, 6) is 0. The molecule has 1 heterocycles. The van der Waals surface area contributed by atoms with E-state index in [2.05, 4.69) is 28.1 Å². The second kappa shape index (κ2) is 5.33. The predicted octanol–water partition coefficient (Wildman–Crippen LogP) is 4.34. The number of halogens is 1. The number of aryl methyl sites for hydroxylation is 1. The standard InChI is InChI=1S/C16H14BrNOS/c17-13-7-9-20-14(13)15(19)16(10-18)8-3-5-11-4-1-2-6-12(11)16/h1-2,4,6-7,9,15,19H,3,5,8H2. The van der Waals surface area contributed by atoms with E-state index in [4.69, 9.17) is 0 Å². The van der Waals surface area contributed by atoms with Gasteiger partial charge in [-0.1, -0.05) is 24.3 Å². The summed E-state index contributed by atoms with van der Waals surface area (Å²) in [5.41, 5.74) is 1.34. The monoisotopic (exact) mass is 347 g/mol. The van der Waals surface area contributed by atoms with Crippen molar-refractivity contribution in [1.82, 2.24) is 0 Å². The van der Waals surface area contributed by atoms with E-state index in [1.807, 2.05) is 29.6 Å². The zero-order valence-electron chi connectivity index (χ0n) is 10.8. The van der Waals surface area contributed by atoms with Crippen molar-refractivity contribution in [2.45, 2.75) is 30.8 Å². The van der Waals surface area contributed by atoms with Gasteiger partial charge in [0.2, 0.25) is 0 Å². The van der Waals surface area contributed by atoms with Crippen molar-refractivity contribution < 1.29 is 5.11 Å². The molecule has 0 radical (unpaired) electrons. The lowest BCUT2D eigenvalue weighted by atomic mass is 9.67. The molecule has 20 heavy (non-hydrogen) atoms. The fraction of sp³-hybridized carbons (Fsp3) is 0.312. The van der Waals surface area contributed by atoms with Gasteiger partial charge in [0.1, 0.15) is 11.5 Å². The molecule has 1 aromatic carbocycles. The molecule has 3 rings (SSSR count). The van der Waals surface area contributed by atoms with E-state index in [0.717, 1.165) is 27.8 Å². The summed E-state index contributed by atoms with van der Waals surface area (Å²) >= 11 is 4.96. The fourth-order valence-electron chi connectivity index (χ4n) is 3.05. The Morgan fingerprint density at radius 2 is 2.15 bits per heavy atom. The molecule has 1 N–H and O–H groups in total. The number of benzene rings is 1. The molecule has 2 atom stereocenters. The van der Waals surface area contributed by atoms with Crippen LogP contribution < -0.4 is 0 Å². The summed E-state index contributed by atoms with van der Waals surface area (Å²) in [6.45, 7) is 0. The molecule has 4 heteroatoms. The lowest BCUT2D eigenvalue weighted by Gasteiger charge is -2.36. The SMILES string of the molecule is N#CC1(C(O)c2sccc2Br)CCCc2ccccc21. The van der Waals surface area contributed by atoms with Crippen LogP contribution in [0.25, 0.3) is 0 Å². The summed E-state index contributed by atoms with van der Waals surface area (Å²) in [6, 6.07) is 12.3. The third-order valence-corrected chi connectivity index (χ3v) is 6.00. The van der Waals surface area contributed by atoms with Gasteiger partial charge < -0.3 is 5.11 Å². The number of rotatable bonds is 2. The zero-order valence-corrected chi connectivity index (χ0v) is 13.2. The normalized spacial score (nSPS) is 22.9. The van der Waals surface area contributed by atoms with Gasteiger partial charge >= 0.3 is 0 Å². The van der Waals surface area contributed by atoms with Crippen molar-refractivity contribution >= 4 is 27.3 Å². The molecular formula is C16H14BrNOS. The van der Waals surface area contributed by atoms with Crippen molar-refractivity contribution in [2.24, 2.45) is 0 Å². The van der Waals surface area contributed by atoms with Crippen LogP contribution in [0.3, 0.4) is 0 Å². The first kappa shape index (κ1) is 13.8. The highest BCUT2D eigenvalue weighted by Crippen LogP contribution is 2.48. The van der Waals surface area contributed by atoms with E-state index in [0.29, 0.717) is 6.42 Å². The van der Waals surface area contributed by atoms with Crippen molar-refractivity contribution in [3.63, 3.8) is 0 Å². The Morgan fingerprint density at radius 3 is 2.85 bits per heavy atom. The molecule has 0 saturated carbocycles. The van der Waals surface area contributed by atoms with Crippen LogP contribution in [0.15, 0.2) is 40.2 Å². The van der Waals surface area contributed by atoms with Gasteiger partial charge in [-0.05, 0) is 57.8 Å². The van der Waals surface area contributed by atoms with E-state index in [-0.39, 0.29) is 0 Å². The second-order valence-corrected chi connectivity index (χ2v) is 6.93. The third kappa shape index (κ3) is 2.01. The van der Waals surface area contributed by atoms with Gasteiger partial charge in [-0.15, -0.1) is 11.3 Å². The van der Waals surface area contributed by atoms with Crippen molar-refractivity contribution in [1.29, 1.82) is 5.26 Å². The van der Waals surface area contributed by atoms with Gasteiger partial charge in [0.05, 0.1) is 6.07 Å². The highest BCUT2D eigenvalue weighted by molar-refractivity contribution is 9.10. The number of aliphatic hydroxyl groups excluding tert-OH is 1. The molecule has 2 aromatic rings. The number of fused-ring (bicyclic) bond motifs is 1. The van der Waals surface area contributed by atoms with E-state index >= 15 is 0 Å². The molecule has 2 unspecified atom stereocenters. The molecular weight excluding hydrogens is 334 g/mol. The number of thiophene rings is 1. The zero-order chi connectivity index (χ0) is 14.2. The molecule has 0 saturated heterocycles. The van der Waals surface area contributed by atoms with Crippen molar-refractivity contribution in [3.8, 4) is 6.07 Å². The molecule has 0 aliphatic heterocycles. The lowest BCUT2D eigenvalue weighted by molar-refractivity contribution is 0.102. The van der Waals surface area contributed by atoms with Crippen LogP contribution in [0.1, 0.15) is 34.9 Å². The maximum atomic E-state index is 10.9. The number of aliphatic hydroxyl groups is 1. The average Bonchev–Trinajstić information content (AvgIpc) is 2.92. The lowest BCUT2D eigenvalue weighted by Crippen LogP contribution is -2.35. The summed E-state index contributed by atoms with van der Waals surface area (Å²) in [7, 11) is 0. The van der Waals surface area contributed by atoms with E-state index in [1.165, 1.54) is 16.9 Å². The minimum absolute atomic E-state index is 0.700. The summed E-state index contributed by atoms with van der Waals surface area (Å²) in [6.07, 6.45) is 1.83. The van der Waals surface area contributed by atoms with E-state index < -0.39 is 11.5 Å². The van der Waals surface area contributed by atoms with Gasteiger partial charge in [0.15, 0.2) is 0 Å². The van der Waals surface area contributed by atoms with E-state index in [9.17, 15) is 10.4 Å². The summed E-state index contributed by atoms with van der Waals surface area (Å²) in [5, 5.41) is 22.6. The van der Waals surface area contributed by atoms with Crippen LogP contribution in [-0.4, -0.2) is 5.11 Å². The number of hydrogen-bond donors (Lipinski definition) is 1. The smallest absolute Gasteiger partial charge is 0.113 e.